The van der Waals surface area contributed by atoms with Gasteiger partial charge in [-0.1, -0.05) is 66.7 Å². The number of ether oxygens (including phenoxy) is 1. The van der Waals surface area contributed by atoms with Gasteiger partial charge in [-0.25, -0.2) is 4.79 Å². The second-order valence-electron chi connectivity index (χ2n) is 6.62. The standard InChI is InChI=1S/C23H21N3O3S/c1-29-23(28)26-22(30)25-19-13-12-17(21(27)16-10-6-3-7-11-16)18(20(19)24)14-15-8-4-2-5-9-15/h2-13,18,24H,14H2,1H3,(H2,25,26,28,30). The first-order valence-corrected chi connectivity index (χ1v) is 9.70. The van der Waals surface area contributed by atoms with Crippen LogP contribution in [0, 0.1) is 11.3 Å². The molecule has 3 N–H and O–H groups in total. The number of rotatable bonds is 5. The summed E-state index contributed by atoms with van der Waals surface area (Å²) in [6.45, 7) is 0. The number of methoxy groups -OCH3 is 1. The molecule has 7 heteroatoms. The number of hydrogen-bond acceptors (Lipinski definition) is 5. The topological polar surface area (TPSA) is 91.3 Å². The maximum atomic E-state index is 13.1. The van der Waals surface area contributed by atoms with E-state index in [1.54, 1.807) is 24.3 Å². The number of amides is 1. The van der Waals surface area contributed by atoms with Gasteiger partial charge in [0.2, 0.25) is 0 Å². The van der Waals surface area contributed by atoms with Crippen molar-refractivity contribution in [1.29, 1.82) is 5.41 Å². The Bertz CT molecular complexity index is 1030. The molecule has 0 saturated heterocycles. The van der Waals surface area contributed by atoms with Crippen LogP contribution < -0.4 is 10.6 Å². The van der Waals surface area contributed by atoms with E-state index >= 15 is 0 Å². The molecule has 1 aliphatic carbocycles. The summed E-state index contributed by atoms with van der Waals surface area (Å²) in [6, 6.07) is 18.7. The van der Waals surface area contributed by atoms with Crippen LogP contribution in [0.3, 0.4) is 0 Å². The number of Topliss-reactive ketones (excluding diaryl/α,β-unsaturated/α-hetero) is 1. The first-order chi connectivity index (χ1) is 14.5. The van der Waals surface area contributed by atoms with Gasteiger partial charge in [-0.3, -0.25) is 10.1 Å². The molecule has 0 spiro atoms. The summed E-state index contributed by atoms with van der Waals surface area (Å²) in [5.41, 5.74) is 2.75. The summed E-state index contributed by atoms with van der Waals surface area (Å²) in [5, 5.41) is 14.0. The molecule has 0 bridgehead atoms. The molecule has 1 atom stereocenters. The lowest BCUT2D eigenvalue weighted by molar-refractivity contribution is 0.102. The third kappa shape index (κ3) is 5.07. The van der Waals surface area contributed by atoms with Crippen molar-refractivity contribution in [2.24, 2.45) is 5.92 Å². The van der Waals surface area contributed by atoms with Gasteiger partial charge in [0.15, 0.2) is 10.9 Å². The van der Waals surface area contributed by atoms with Gasteiger partial charge in [0, 0.05) is 17.1 Å². The maximum absolute atomic E-state index is 13.1. The summed E-state index contributed by atoms with van der Waals surface area (Å²) in [7, 11) is 1.24. The minimum Gasteiger partial charge on any atom is -0.453 e. The SMILES string of the molecule is COC(=O)NC(=S)NC1=CC=C(C(=O)c2ccccc2)C(Cc2ccccc2)C1=N. The molecule has 1 unspecified atom stereocenters. The van der Waals surface area contributed by atoms with Gasteiger partial charge in [-0.2, -0.15) is 0 Å². The molecule has 2 aromatic rings. The minimum atomic E-state index is -0.702. The van der Waals surface area contributed by atoms with Crippen molar-refractivity contribution in [2.45, 2.75) is 6.42 Å². The molecule has 152 valence electrons. The Labute approximate surface area is 180 Å². The molecule has 0 fully saturated rings. The Morgan fingerprint density at radius 1 is 1.03 bits per heavy atom. The van der Waals surface area contributed by atoms with Gasteiger partial charge in [-0.05, 0) is 30.3 Å². The highest BCUT2D eigenvalue weighted by Gasteiger charge is 2.30. The van der Waals surface area contributed by atoms with Crippen molar-refractivity contribution in [2.75, 3.05) is 7.11 Å². The van der Waals surface area contributed by atoms with Crippen LogP contribution in [-0.4, -0.2) is 29.8 Å². The molecule has 1 amide bonds. The molecule has 3 rings (SSSR count). The molecule has 0 saturated carbocycles. The molecular weight excluding hydrogens is 398 g/mol. The lowest BCUT2D eigenvalue weighted by Crippen LogP contribution is -2.42. The van der Waals surface area contributed by atoms with E-state index in [2.05, 4.69) is 15.4 Å². The molecular formula is C23H21N3O3S. The normalized spacial score (nSPS) is 15.5. The van der Waals surface area contributed by atoms with Crippen LogP contribution in [0.2, 0.25) is 0 Å². The molecule has 0 aromatic heterocycles. The second kappa shape index (κ2) is 9.76. The van der Waals surface area contributed by atoms with E-state index in [1.807, 2.05) is 48.5 Å². The van der Waals surface area contributed by atoms with Gasteiger partial charge >= 0.3 is 6.09 Å². The molecule has 2 aromatic carbocycles. The van der Waals surface area contributed by atoms with Gasteiger partial charge in [0.25, 0.3) is 0 Å². The monoisotopic (exact) mass is 419 g/mol. The quantitative estimate of drug-likeness (QED) is 0.507. The van der Waals surface area contributed by atoms with E-state index < -0.39 is 12.0 Å². The molecule has 1 aliphatic rings. The zero-order chi connectivity index (χ0) is 21.5. The van der Waals surface area contributed by atoms with Crippen LogP contribution in [-0.2, 0) is 11.2 Å². The van der Waals surface area contributed by atoms with E-state index in [0.717, 1.165) is 5.56 Å². The number of nitrogens with one attached hydrogen (secondary N) is 3. The van der Waals surface area contributed by atoms with E-state index in [0.29, 0.717) is 23.3 Å². The van der Waals surface area contributed by atoms with Gasteiger partial charge in [-0.15, -0.1) is 0 Å². The number of allylic oxidation sites excluding steroid dienone is 4. The number of hydrogen-bond donors (Lipinski definition) is 3. The predicted molar refractivity (Wildman–Crippen MR) is 120 cm³/mol. The zero-order valence-electron chi connectivity index (χ0n) is 16.3. The number of benzene rings is 2. The average Bonchev–Trinajstić information content (AvgIpc) is 2.77. The van der Waals surface area contributed by atoms with Crippen molar-refractivity contribution in [3.05, 3.63) is 95.2 Å². The first-order valence-electron chi connectivity index (χ1n) is 9.30. The van der Waals surface area contributed by atoms with Crippen LogP contribution >= 0.6 is 12.2 Å². The lowest BCUT2D eigenvalue weighted by Gasteiger charge is -2.26. The number of thiocarbonyl (C=S) groups is 1. The number of carbonyl (C=O) groups is 2. The fourth-order valence-electron chi connectivity index (χ4n) is 3.18. The highest BCUT2D eigenvalue weighted by atomic mass is 32.1. The summed E-state index contributed by atoms with van der Waals surface area (Å²) in [4.78, 5) is 24.5. The number of ketones is 1. The maximum Gasteiger partial charge on any atom is 0.413 e. The van der Waals surface area contributed by atoms with E-state index in [9.17, 15) is 9.59 Å². The highest BCUT2D eigenvalue weighted by molar-refractivity contribution is 7.80. The fraction of sp³-hybridized carbons (Fsp3) is 0.130. The molecule has 30 heavy (non-hydrogen) atoms. The second-order valence-corrected chi connectivity index (χ2v) is 7.03. The summed E-state index contributed by atoms with van der Waals surface area (Å²) in [5.74, 6) is -0.583. The van der Waals surface area contributed by atoms with E-state index in [4.69, 9.17) is 17.6 Å². The number of carbonyl (C=O) groups excluding carboxylic acids is 2. The Morgan fingerprint density at radius 2 is 1.67 bits per heavy atom. The zero-order valence-corrected chi connectivity index (χ0v) is 17.2. The Hall–Kier alpha value is -3.58. The smallest absolute Gasteiger partial charge is 0.413 e. The first kappa shape index (κ1) is 21.1. The van der Waals surface area contributed by atoms with Gasteiger partial charge in [0.05, 0.1) is 18.5 Å². The van der Waals surface area contributed by atoms with E-state index in [1.165, 1.54) is 7.11 Å². The van der Waals surface area contributed by atoms with Crippen LogP contribution in [0.5, 0.6) is 0 Å². The number of alkyl carbamates (subject to hydrolysis) is 1. The third-order valence-electron chi connectivity index (χ3n) is 4.67. The van der Waals surface area contributed by atoms with Gasteiger partial charge in [0.1, 0.15) is 0 Å². The van der Waals surface area contributed by atoms with Crippen LogP contribution in [0.4, 0.5) is 4.79 Å². The van der Waals surface area contributed by atoms with Crippen LogP contribution in [0.25, 0.3) is 0 Å². The lowest BCUT2D eigenvalue weighted by atomic mass is 9.80. The van der Waals surface area contributed by atoms with Crippen molar-refractivity contribution in [3.63, 3.8) is 0 Å². The summed E-state index contributed by atoms with van der Waals surface area (Å²) < 4.78 is 4.53. The van der Waals surface area contributed by atoms with Gasteiger partial charge < -0.3 is 15.5 Å². The summed E-state index contributed by atoms with van der Waals surface area (Å²) in [6.07, 6.45) is 3.13. The molecule has 0 heterocycles. The summed E-state index contributed by atoms with van der Waals surface area (Å²) >= 11 is 5.11. The van der Waals surface area contributed by atoms with E-state index in [-0.39, 0.29) is 16.6 Å². The third-order valence-corrected chi connectivity index (χ3v) is 4.88. The highest BCUT2D eigenvalue weighted by Crippen LogP contribution is 2.28. The predicted octanol–water partition coefficient (Wildman–Crippen LogP) is 3.80. The van der Waals surface area contributed by atoms with Crippen molar-refractivity contribution >= 4 is 34.9 Å². The van der Waals surface area contributed by atoms with Crippen LogP contribution in [0.1, 0.15) is 15.9 Å². The molecule has 0 aliphatic heterocycles. The Morgan fingerprint density at radius 3 is 2.30 bits per heavy atom. The van der Waals surface area contributed by atoms with Crippen molar-refractivity contribution in [1.82, 2.24) is 10.6 Å². The van der Waals surface area contributed by atoms with Crippen molar-refractivity contribution < 1.29 is 14.3 Å². The van der Waals surface area contributed by atoms with Crippen molar-refractivity contribution in [3.8, 4) is 0 Å². The van der Waals surface area contributed by atoms with Crippen LogP contribution in [0.15, 0.2) is 84.1 Å². The Kier molecular flexibility index (Phi) is 6.87. The minimum absolute atomic E-state index is 0.0162. The molecule has 0 radical (unpaired) electrons. The fourth-order valence-corrected chi connectivity index (χ4v) is 3.37. The average molecular weight is 420 g/mol. The Balaban J connectivity index is 1.90. The molecule has 6 nitrogen and oxygen atoms in total. The largest absolute Gasteiger partial charge is 0.453 e.